The molecule has 0 aromatic heterocycles. The SMILES string of the molecule is C=C(CCOCCNC(=O)CC(=O)C(C)C)C(C)C. The molecule has 19 heavy (non-hydrogen) atoms. The van der Waals surface area contributed by atoms with Gasteiger partial charge in [0.05, 0.1) is 19.6 Å². The fourth-order valence-corrected chi connectivity index (χ4v) is 1.28. The molecule has 4 heteroatoms. The monoisotopic (exact) mass is 269 g/mol. The highest BCUT2D eigenvalue weighted by molar-refractivity contribution is 5.98. The first-order valence-corrected chi connectivity index (χ1v) is 6.89. The number of amides is 1. The number of nitrogens with one attached hydrogen (secondary N) is 1. The van der Waals surface area contributed by atoms with Gasteiger partial charge in [0.1, 0.15) is 5.78 Å². The first kappa shape index (κ1) is 17.8. The van der Waals surface area contributed by atoms with Gasteiger partial charge in [-0.05, 0) is 12.3 Å². The molecule has 0 aliphatic rings. The third-order valence-electron chi connectivity index (χ3n) is 2.93. The summed E-state index contributed by atoms with van der Waals surface area (Å²) in [7, 11) is 0. The highest BCUT2D eigenvalue weighted by Crippen LogP contribution is 2.10. The first-order chi connectivity index (χ1) is 8.84. The number of ketones is 1. The Kier molecular flexibility index (Phi) is 9.13. The molecule has 0 saturated heterocycles. The molecule has 1 amide bonds. The van der Waals surface area contributed by atoms with Crippen molar-refractivity contribution in [2.24, 2.45) is 11.8 Å². The van der Waals surface area contributed by atoms with Crippen LogP contribution in [0, 0.1) is 11.8 Å². The molecule has 110 valence electrons. The fraction of sp³-hybridized carbons (Fsp3) is 0.733. The average molecular weight is 269 g/mol. The normalized spacial score (nSPS) is 10.8. The van der Waals surface area contributed by atoms with Gasteiger partial charge in [-0.2, -0.15) is 0 Å². The maximum absolute atomic E-state index is 11.4. The van der Waals surface area contributed by atoms with E-state index in [1.807, 2.05) is 0 Å². The Labute approximate surface area is 116 Å². The van der Waals surface area contributed by atoms with Crippen molar-refractivity contribution in [1.29, 1.82) is 0 Å². The molecule has 0 radical (unpaired) electrons. The summed E-state index contributed by atoms with van der Waals surface area (Å²) >= 11 is 0. The number of hydrogen-bond donors (Lipinski definition) is 1. The van der Waals surface area contributed by atoms with Crippen LogP contribution in [-0.2, 0) is 14.3 Å². The van der Waals surface area contributed by atoms with E-state index in [-0.39, 0.29) is 24.0 Å². The van der Waals surface area contributed by atoms with Crippen LogP contribution in [0.1, 0.15) is 40.5 Å². The molecule has 4 nitrogen and oxygen atoms in total. The van der Waals surface area contributed by atoms with E-state index in [4.69, 9.17) is 4.74 Å². The summed E-state index contributed by atoms with van der Waals surface area (Å²) in [4.78, 5) is 22.7. The van der Waals surface area contributed by atoms with Crippen molar-refractivity contribution >= 4 is 11.7 Å². The summed E-state index contributed by atoms with van der Waals surface area (Å²) in [5, 5.41) is 2.67. The highest BCUT2D eigenvalue weighted by Gasteiger charge is 2.12. The number of carbonyl (C=O) groups is 2. The summed E-state index contributed by atoms with van der Waals surface area (Å²) in [5.74, 6) is 0.120. The maximum atomic E-state index is 11.4. The molecule has 0 rings (SSSR count). The predicted octanol–water partition coefficient (Wildman–Crippen LogP) is 2.34. The maximum Gasteiger partial charge on any atom is 0.227 e. The lowest BCUT2D eigenvalue weighted by atomic mass is 10.0. The van der Waals surface area contributed by atoms with E-state index in [0.29, 0.717) is 25.7 Å². The molecule has 0 unspecified atom stereocenters. The van der Waals surface area contributed by atoms with Crippen molar-refractivity contribution in [3.8, 4) is 0 Å². The molecule has 0 aliphatic heterocycles. The van der Waals surface area contributed by atoms with Gasteiger partial charge >= 0.3 is 0 Å². The minimum absolute atomic E-state index is 0.0355. The summed E-state index contributed by atoms with van der Waals surface area (Å²) in [6, 6.07) is 0. The van der Waals surface area contributed by atoms with E-state index in [9.17, 15) is 9.59 Å². The van der Waals surface area contributed by atoms with E-state index in [1.54, 1.807) is 13.8 Å². The van der Waals surface area contributed by atoms with E-state index in [1.165, 1.54) is 5.57 Å². The van der Waals surface area contributed by atoms with Crippen molar-refractivity contribution in [2.45, 2.75) is 40.5 Å². The quantitative estimate of drug-likeness (QED) is 0.376. The van der Waals surface area contributed by atoms with Crippen molar-refractivity contribution in [1.82, 2.24) is 5.32 Å². The zero-order valence-corrected chi connectivity index (χ0v) is 12.6. The van der Waals surface area contributed by atoms with Crippen LogP contribution in [-0.4, -0.2) is 31.4 Å². The van der Waals surface area contributed by atoms with Crippen LogP contribution in [0.4, 0.5) is 0 Å². The largest absolute Gasteiger partial charge is 0.379 e. The smallest absolute Gasteiger partial charge is 0.227 e. The fourth-order valence-electron chi connectivity index (χ4n) is 1.28. The molecule has 0 heterocycles. The van der Waals surface area contributed by atoms with Gasteiger partial charge in [0.25, 0.3) is 0 Å². The van der Waals surface area contributed by atoms with E-state index >= 15 is 0 Å². The van der Waals surface area contributed by atoms with Crippen LogP contribution < -0.4 is 5.32 Å². The zero-order chi connectivity index (χ0) is 14.8. The lowest BCUT2D eigenvalue weighted by molar-refractivity contribution is -0.129. The number of Topliss-reactive ketones (excluding diaryl/α,β-unsaturated/α-hetero) is 1. The van der Waals surface area contributed by atoms with Crippen molar-refractivity contribution in [2.75, 3.05) is 19.8 Å². The number of hydrogen-bond acceptors (Lipinski definition) is 3. The Morgan fingerprint density at radius 3 is 2.26 bits per heavy atom. The molecule has 0 fully saturated rings. The van der Waals surface area contributed by atoms with Crippen LogP contribution in [0.2, 0.25) is 0 Å². The third-order valence-corrected chi connectivity index (χ3v) is 2.93. The second kappa shape index (κ2) is 9.73. The van der Waals surface area contributed by atoms with Gasteiger partial charge in [0.15, 0.2) is 0 Å². The molecule has 0 aliphatic carbocycles. The van der Waals surface area contributed by atoms with Gasteiger partial charge in [0, 0.05) is 12.5 Å². The molecule has 0 atom stereocenters. The lowest BCUT2D eigenvalue weighted by Crippen LogP contribution is -2.30. The van der Waals surface area contributed by atoms with Crippen molar-refractivity contribution in [3.63, 3.8) is 0 Å². The van der Waals surface area contributed by atoms with Crippen LogP contribution >= 0.6 is 0 Å². The Morgan fingerprint density at radius 2 is 1.74 bits per heavy atom. The molecule has 0 aromatic carbocycles. The highest BCUT2D eigenvalue weighted by atomic mass is 16.5. The standard InChI is InChI=1S/C15H27NO3/c1-11(2)13(5)6-8-19-9-7-16-15(18)10-14(17)12(3)4/h11-12H,5-10H2,1-4H3,(H,16,18). The molecule has 0 bridgehead atoms. The Balaban J connectivity index is 3.52. The minimum atomic E-state index is -0.228. The average Bonchev–Trinajstić information content (AvgIpc) is 2.32. The summed E-state index contributed by atoms with van der Waals surface area (Å²) in [6.07, 6.45) is 0.805. The summed E-state index contributed by atoms with van der Waals surface area (Å²) in [6.45, 7) is 13.3. The number of carbonyl (C=O) groups excluding carboxylic acids is 2. The van der Waals surface area contributed by atoms with Crippen molar-refractivity contribution in [3.05, 3.63) is 12.2 Å². The molecular weight excluding hydrogens is 242 g/mol. The van der Waals surface area contributed by atoms with Crippen LogP contribution in [0.15, 0.2) is 12.2 Å². The van der Waals surface area contributed by atoms with Gasteiger partial charge in [-0.15, -0.1) is 0 Å². The van der Waals surface area contributed by atoms with E-state index in [2.05, 4.69) is 25.7 Å². The molecule has 1 N–H and O–H groups in total. The Bertz CT molecular complexity index is 309. The van der Waals surface area contributed by atoms with Crippen LogP contribution in [0.25, 0.3) is 0 Å². The first-order valence-electron chi connectivity index (χ1n) is 6.89. The van der Waals surface area contributed by atoms with Gasteiger partial charge < -0.3 is 10.1 Å². The molecular formula is C15H27NO3. The van der Waals surface area contributed by atoms with Gasteiger partial charge in [-0.3, -0.25) is 9.59 Å². The molecule has 0 saturated carbocycles. The second-order valence-electron chi connectivity index (χ2n) is 5.32. The predicted molar refractivity (Wildman–Crippen MR) is 76.9 cm³/mol. The van der Waals surface area contributed by atoms with E-state index < -0.39 is 0 Å². The van der Waals surface area contributed by atoms with Gasteiger partial charge in [0.2, 0.25) is 5.91 Å². The van der Waals surface area contributed by atoms with Gasteiger partial charge in [-0.1, -0.05) is 39.8 Å². The molecule has 0 aromatic rings. The van der Waals surface area contributed by atoms with Crippen LogP contribution in [0.5, 0.6) is 0 Å². The number of rotatable bonds is 10. The second-order valence-corrected chi connectivity index (χ2v) is 5.32. The van der Waals surface area contributed by atoms with Gasteiger partial charge in [-0.25, -0.2) is 0 Å². The molecule has 0 spiro atoms. The zero-order valence-electron chi connectivity index (χ0n) is 12.6. The number of ether oxygens (including phenoxy) is 1. The topological polar surface area (TPSA) is 55.4 Å². The minimum Gasteiger partial charge on any atom is -0.379 e. The summed E-state index contributed by atoms with van der Waals surface area (Å²) < 4.78 is 5.40. The van der Waals surface area contributed by atoms with E-state index in [0.717, 1.165) is 6.42 Å². The lowest BCUT2D eigenvalue weighted by Gasteiger charge is -2.10. The van der Waals surface area contributed by atoms with Crippen LogP contribution in [0.3, 0.4) is 0 Å². The Morgan fingerprint density at radius 1 is 1.11 bits per heavy atom. The Hall–Kier alpha value is -1.16. The van der Waals surface area contributed by atoms with Crippen molar-refractivity contribution < 1.29 is 14.3 Å². The third kappa shape index (κ3) is 9.42. The summed E-state index contributed by atoms with van der Waals surface area (Å²) in [5.41, 5.74) is 1.17.